The fourth-order valence-corrected chi connectivity index (χ4v) is 3.58. The first kappa shape index (κ1) is 28.7. The zero-order chi connectivity index (χ0) is 28.0. The van der Waals surface area contributed by atoms with E-state index in [-0.39, 0.29) is 18.2 Å². The topological polar surface area (TPSA) is 93.9 Å². The number of aryl methyl sites for hydroxylation is 1. The molecule has 0 fully saturated rings. The summed E-state index contributed by atoms with van der Waals surface area (Å²) in [5.74, 6) is 6.01. The number of carbonyl (C=O) groups is 1. The number of oxime groups is 3. The maximum absolute atomic E-state index is 12.3. The Morgan fingerprint density at radius 3 is 2.31 bits per heavy atom. The van der Waals surface area contributed by atoms with E-state index in [2.05, 4.69) is 38.7 Å². The maximum atomic E-state index is 12.3. The van der Waals surface area contributed by atoms with Crippen molar-refractivity contribution in [3.63, 3.8) is 0 Å². The van der Waals surface area contributed by atoms with Crippen LogP contribution in [0.5, 0.6) is 0 Å². The van der Waals surface area contributed by atoms with Crippen molar-refractivity contribution in [3.05, 3.63) is 106 Å². The summed E-state index contributed by atoms with van der Waals surface area (Å²) >= 11 is 0. The molecule has 0 aliphatic heterocycles. The molecule has 0 spiro atoms. The van der Waals surface area contributed by atoms with Gasteiger partial charge in [0, 0.05) is 34.9 Å². The highest BCUT2D eigenvalue weighted by Gasteiger charge is 2.17. The zero-order valence-electron chi connectivity index (χ0n) is 22.8. The lowest BCUT2D eigenvalue weighted by molar-refractivity contribution is -0.114. The lowest BCUT2D eigenvalue weighted by atomic mass is 10.0. The molecule has 39 heavy (non-hydrogen) atoms. The van der Waals surface area contributed by atoms with E-state index in [0.29, 0.717) is 29.2 Å². The minimum absolute atomic E-state index is 0.0998. The number of hydrogen-bond donors (Lipinski definition) is 1. The molecule has 3 rings (SSSR count). The number of nitrogens with one attached hydrogen (secondary N) is 1. The molecule has 0 radical (unpaired) electrons. The molecule has 8 nitrogen and oxygen atoms in total. The number of amides is 1. The highest BCUT2D eigenvalue weighted by molar-refractivity contribution is 6.47. The van der Waals surface area contributed by atoms with Gasteiger partial charge in [0.25, 0.3) is 5.91 Å². The summed E-state index contributed by atoms with van der Waals surface area (Å²) < 4.78 is 0. The molecule has 0 aliphatic carbocycles. The summed E-state index contributed by atoms with van der Waals surface area (Å²) in [7, 11) is 2.92. The number of nitrogens with zero attached hydrogens (tertiary/aromatic N) is 3. The SMILES string of the molecule is CCO/N=C(/C(C)=N/OCc1ccccc1/C(=N\OC)C(=O)NC)c1ccc(C#Cc2cccc(C)c2)cc1. The molecule has 0 bridgehead atoms. The monoisotopic (exact) mass is 524 g/mol. The van der Waals surface area contributed by atoms with E-state index in [1.54, 1.807) is 13.0 Å². The lowest BCUT2D eigenvalue weighted by Gasteiger charge is -2.11. The van der Waals surface area contributed by atoms with Gasteiger partial charge in [-0.05, 0) is 50.6 Å². The average Bonchev–Trinajstić information content (AvgIpc) is 2.95. The fourth-order valence-electron chi connectivity index (χ4n) is 3.58. The van der Waals surface area contributed by atoms with Crippen molar-refractivity contribution >= 4 is 23.0 Å². The molecule has 0 unspecified atom stereocenters. The fraction of sp³-hybridized carbons (Fsp3) is 0.226. The number of hydrogen-bond acceptors (Lipinski definition) is 7. The number of carbonyl (C=O) groups excluding carboxylic acids is 1. The second kappa shape index (κ2) is 14.7. The van der Waals surface area contributed by atoms with Crippen molar-refractivity contribution in [2.45, 2.75) is 27.4 Å². The first-order valence-electron chi connectivity index (χ1n) is 12.4. The Balaban J connectivity index is 1.79. The summed E-state index contributed by atoms with van der Waals surface area (Å²) in [4.78, 5) is 28.2. The van der Waals surface area contributed by atoms with Crippen LogP contribution in [0.3, 0.4) is 0 Å². The van der Waals surface area contributed by atoms with Crippen molar-refractivity contribution in [2.24, 2.45) is 15.5 Å². The smallest absolute Gasteiger partial charge is 0.273 e. The third kappa shape index (κ3) is 8.30. The van der Waals surface area contributed by atoms with Crippen molar-refractivity contribution in [1.29, 1.82) is 0 Å². The molecule has 0 heterocycles. The first-order chi connectivity index (χ1) is 19.0. The van der Waals surface area contributed by atoms with E-state index >= 15 is 0 Å². The van der Waals surface area contributed by atoms with Gasteiger partial charge in [-0.1, -0.05) is 75.8 Å². The Bertz CT molecular complexity index is 1430. The van der Waals surface area contributed by atoms with Crippen LogP contribution in [0.25, 0.3) is 0 Å². The lowest BCUT2D eigenvalue weighted by Crippen LogP contribution is -2.29. The largest absolute Gasteiger partial charge is 0.398 e. The van der Waals surface area contributed by atoms with Gasteiger partial charge in [-0.15, -0.1) is 0 Å². The second-order valence-corrected chi connectivity index (χ2v) is 8.36. The van der Waals surface area contributed by atoms with Crippen LogP contribution in [0.1, 0.15) is 47.2 Å². The molecule has 1 amide bonds. The predicted molar refractivity (Wildman–Crippen MR) is 154 cm³/mol. The second-order valence-electron chi connectivity index (χ2n) is 8.36. The molecule has 3 aromatic rings. The van der Waals surface area contributed by atoms with Gasteiger partial charge >= 0.3 is 0 Å². The zero-order valence-corrected chi connectivity index (χ0v) is 22.8. The highest BCUT2D eigenvalue weighted by atomic mass is 16.6. The van der Waals surface area contributed by atoms with Gasteiger partial charge in [0.1, 0.15) is 31.7 Å². The Hall–Kier alpha value is -4.90. The van der Waals surface area contributed by atoms with Crippen molar-refractivity contribution in [1.82, 2.24) is 5.32 Å². The molecule has 0 atom stereocenters. The van der Waals surface area contributed by atoms with E-state index < -0.39 is 0 Å². The van der Waals surface area contributed by atoms with Crippen LogP contribution < -0.4 is 5.32 Å². The molecule has 0 aliphatic rings. The molecular weight excluding hydrogens is 492 g/mol. The molecular formula is C31H32N4O4. The van der Waals surface area contributed by atoms with E-state index in [0.717, 1.165) is 16.7 Å². The van der Waals surface area contributed by atoms with Crippen molar-refractivity contribution in [3.8, 4) is 11.8 Å². The molecule has 1 N–H and O–H groups in total. The van der Waals surface area contributed by atoms with Crippen LogP contribution in [-0.4, -0.2) is 43.8 Å². The summed E-state index contributed by atoms with van der Waals surface area (Å²) in [5, 5.41) is 15.0. The van der Waals surface area contributed by atoms with E-state index in [1.807, 2.05) is 74.5 Å². The molecule has 0 aromatic heterocycles. The van der Waals surface area contributed by atoms with Crippen LogP contribution in [0.4, 0.5) is 0 Å². The van der Waals surface area contributed by atoms with Gasteiger partial charge in [0.15, 0.2) is 5.71 Å². The van der Waals surface area contributed by atoms with Gasteiger partial charge < -0.3 is 19.8 Å². The molecule has 200 valence electrons. The van der Waals surface area contributed by atoms with Crippen LogP contribution in [0.15, 0.2) is 88.3 Å². The number of benzene rings is 3. The quantitative estimate of drug-likeness (QED) is 0.234. The highest BCUT2D eigenvalue weighted by Crippen LogP contribution is 2.14. The number of rotatable bonds is 10. The van der Waals surface area contributed by atoms with Crippen molar-refractivity contribution < 1.29 is 19.3 Å². The normalized spacial score (nSPS) is 11.8. The third-order valence-electron chi connectivity index (χ3n) is 5.47. The minimum atomic E-state index is -0.373. The van der Waals surface area contributed by atoms with Crippen LogP contribution >= 0.6 is 0 Å². The minimum Gasteiger partial charge on any atom is -0.398 e. The molecule has 8 heteroatoms. The summed E-state index contributed by atoms with van der Waals surface area (Å²) in [6, 6.07) is 23.0. The summed E-state index contributed by atoms with van der Waals surface area (Å²) in [6.45, 7) is 6.20. The first-order valence-corrected chi connectivity index (χ1v) is 12.4. The maximum Gasteiger partial charge on any atom is 0.273 e. The van der Waals surface area contributed by atoms with Gasteiger partial charge in [-0.25, -0.2) is 0 Å². The standard InChI is InChI=1S/C31H32N4O4/c1-6-38-35-29(26-18-16-24(17-19-26)14-15-25-11-9-10-22(2)20-25)23(3)33-39-21-27-12-7-8-13-28(27)30(34-37-5)31(36)32-4/h7-13,16-20H,6,21H2,1-5H3,(H,32,36)/b33-23+,34-30+,35-29-. The van der Waals surface area contributed by atoms with Crippen molar-refractivity contribution in [2.75, 3.05) is 20.8 Å². The van der Waals surface area contributed by atoms with E-state index in [1.165, 1.54) is 19.7 Å². The molecule has 0 saturated heterocycles. The Kier molecular flexibility index (Phi) is 10.8. The van der Waals surface area contributed by atoms with E-state index in [4.69, 9.17) is 14.5 Å². The Morgan fingerprint density at radius 2 is 1.62 bits per heavy atom. The summed E-state index contributed by atoms with van der Waals surface area (Å²) in [5.41, 5.74) is 6.33. The average molecular weight is 525 g/mol. The van der Waals surface area contributed by atoms with Gasteiger partial charge in [-0.3, -0.25) is 4.79 Å². The van der Waals surface area contributed by atoms with Crippen LogP contribution in [-0.2, 0) is 25.9 Å². The summed E-state index contributed by atoms with van der Waals surface area (Å²) in [6.07, 6.45) is 0. The Morgan fingerprint density at radius 1 is 0.872 bits per heavy atom. The predicted octanol–water partition coefficient (Wildman–Crippen LogP) is 4.82. The number of likely N-dealkylation sites (N-methyl/N-ethyl adjacent to an activating group) is 1. The van der Waals surface area contributed by atoms with Gasteiger partial charge in [0.2, 0.25) is 0 Å². The third-order valence-corrected chi connectivity index (χ3v) is 5.47. The van der Waals surface area contributed by atoms with Crippen LogP contribution in [0, 0.1) is 18.8 Å². The van der Waals surface area contributed by atoms with Gasteiger partial charge in [0.05, 0.1) is 0 Å². The van der Waals surface area contributed by atoms with E-state index in [9.17, 15) is 4.79 Å². The van der Waals surface area contributed by atoms with Crippen LogP contribution in [0.2, 0.25) is 0 Å². The molecule has 3 aromatic carbocycles. The molecule has 0 saturated carbocycles. The van der Waals surface area contributed by atoms with Gasteiger partial charge in [-0.2, -0.15) is 0 Å². The Labute approximate surface area is 229 Å².